The van der Waals surface area contributed by atoms with Gasteiger partial charge in [-0.1, -0.05) is 12.1 Å². The first kappa shape index (κ1) is 16.5. The molecule has 0 unspecified atom stereocenters. The zero-order valence-electron chi connectivity index (χ0n) is 14.5. The number of rotatable bonds is 4. The number of aryl methyl sites for hydroxylation is 3. The van der Waals surface area contributed by atoms with Crippen molar-refractivity contribution in [2.75, 3.05) is 10.6 Å². The SMILES string of the molecule is Cc1cc(Nc2cccc(C#N)c2)nc(Nc2ccc(C)c(C)c2)n1. The summed E-state index contributed by atoms with van der Waals surface area (Å²) in [5.41, 5.74) is 5.67. The minimum absolute atomic E-state index is 0.530. The Bertz CT molecular complexity index is 957. The average molecular weight is 329 g/mol. The highest BCUT2D eigenvalue weighted by Gasteiger charge is 2.05. The van der Waals surface area contributed by atoms with E-state index in [9.17, 15) is 0 Å². The van der Waals surface area contributed by atoms with Crippen LogP contribution in [0.25, 0.3) is 0 Å². The second-order valence-corrected chi connectivity index (χ2v) is 5.96. The third-order valence-electron chi connectivity index (χ3n) is 3.88. The number of nitrogens with one attached hydrogen (secondary N) is 2. The van der Waals surface area contributed by atoms with Crippen molar-refractivity contribution >= 4 is 23.1 Å². The molecule has 0 spiro atoms. The van der Waals surface area contributed by atoms with E-state index in [0.717, 1.165) is 17.1 Å². The Morgan fingerprint density at radius 2 is 1.64 bits per heavy atom. The van der Waals surface area contributed by atoms with Crippen molar-refractivity contribution in [1.29, 1.82) is 5.26 Å². The Morgan fingerprint density at radius 1 is 0.840 bits per heavy atom. The van der Waals surface area contributed by atoms with Crippen molar-refractivity contribution in [1.82, 2.24) is 9.97 Å². The van der Waals surface area contributed by atoms with E-state index < -0.39 is 0 Å². The fourth-order valence-corrected chi connectivity index (χ4v) is 2.45. The Morgan fingerprint density at radius 3 is 2.40 bits per heavy atom. The van der Waals surface area contributed by atoms with Crippen molar-refractivity contribution in [2.45, 2.75) is 20.8 Å². The molecular formula is C20H19N5. The summed E-state index contributed by atoms with van der Waals surface area (Å²) in [4.78, 5) is 8.96. The molecule has 124 valence electrons. The second-order valence-electron chi connectivity index (χ2n) is 5.96. The van der Waals surface area contributed by atoms with Gasteiger partial charge < -0.3 is 10.6 Å². The highest BCUT2D eigenvalue weighted by Crippen LogP contribution is 2.21. The molecule has 0 atom stereocenters. The van der Waals surface area contributed by atoms with Gasteiger partial charge in [0.25, 0.3) is 0 Å². The topological polar surface area (TPSA) is 73.6 Å². The fourth-order valence-electron chi connectivity index (χ4n) is 2.45. The number of nitriles is 1. The maximum Gasteiger partial charge on any atom is 0.229 e. The summed E-state index contributed by atoms with van der Waals surface area (Å²) < 4.78 is 0. The summed E-state index contributed by atoms with van der Waals surface area (Å²) in [6.45, 7) is 6.08. The van der Waals surface area contributed by atoms with Gasteiger partial charge in [-0.3, -0.25) is 0 Å². The van der Waals surface area contributed by atoms with Crippen LogP contribution < -0.4 is 10.6 Å². The van der Waals surface area contributed by atoms with Crippen molar-refractivity contribution in [3.8, 4) is 6.07 Å². The molecule has 0 fully saturated rings. The van der Waals surface area contributed by atoms with Gasteiger partial charge in [0, 0.05) is 23.1 Å². The lowest BCUT2D eigenvalue weighted by molar-refractivity contribution is 1.11. The Labute approximate surface area is 147 Å². The van der Waals surface area contributed by atoms with Gasteiger partial charge in [0.2, 0.25) is 5.95 Å². The van der Waals surface area contributed by atoms with Crippen LogP contribution in [0.4, 0.5) is 23.1 Å². The van der Waals surface area contributed by atoms with E-state index in [2.05, 4.69) is 52.7 Å². The molecule has 5 heteroatoms. The van der Waals surface area contributed by atoms with E-state index in [1.165, 1.54) is 11.1 Å². The molecule has 0 aliphatic carbocycles. The first-order valence-corrected chi connectivity index (χ1v) is 8.00. The molecule has 1 aromatic heterocycles. The molecule has 0 radical (unpaired) electrons. The molecule has 3 aromatic rings. The van der Waals surface area contributed by atoms with Crippen LogP contribution in [0.5, 0.6) is 0 Å². The highest BCUT2D eigenvalue weighted by atomic mass is 15.1. The molecule has 2 aromatic carbocycles. The molecule has 0 amide bonds. The normalized spacial score (nSPS) is 10.2. The number of anilines is 4. The third kappa shape index (κ3) is 4.12. The number of benzene rings is 2. The van der Waals surface area contributed by atoms with E-state index in [0.29, 0.717) is 17.3 Å². The zero-order chi connectivity index (χ0) is 17.8. The predicted octanol–water partition coefficient (Wildman–Crippen LogP) is 4.76. The van der Waals surface area contributed by atoms with Gasteiger partial charge in [-0.15, -0.1) is 0 Å². The Kier molecular flexibility index (Phi) is 4.62. The summed E-state index contributed by atoms with van der Waals surface area (Å²) in [7, 11) is 0. The molecule has 0 bridgehead atoms. The van der Waals surface area contributed by atoms with Crippen molar-refractivity contribution in [3.63, 3.8) is 0 Å². The summed E-state index contributed by atoms with van der Waals surface area (Å²) in [5, 5.41) is 15.5. The van der Waals surface area contributed by atoms with Gasteiger partial charge in [-0.2, -0.15) is 10.2 Å². The number of hydrogen-bond donors (Lipinski definition) is 2. The van der Waals surface area contributed by atoms with Crippen LogP contribution >= 0.6 is 0 Å². The quantitative estimate of drug-likeness (QED) is 0.722. The van der Waals surface area contributed by atoms with Gasteiger partial charge in [0.05, 0.1) is 11.6 Å². The lowest BCUT2D eigenvalue weighted by atomic mass is 10.1. The molecule has 3 rings (SSSR count). The summed E-state index contributed by atoms with van der Waals surface area (Å²) in [5.74, 6) is 1.20. The first-order chi connectivity index (χ1) is 12.0. The van der Waals surface area contributed by atoms with E-state index in [4.69, 9.17) is 5.26 Å². The van der Waals surface area contributed by atoms with Crippen molar-refractivity contribution in [2.24, 2.45) is 0 Å². The van der Waals surface area contributed by atoms with Crippen LogP contribution in [-0.4, -0.2) is 9.97 Å². The standard InChI is InChI=1S/C20H19N5/c1-13-7-8-18(9-14(13)2)24-20-22-15(3)10-19(25-20)23-17-6-4-5-16(11-17)12-21/h4-11H,1-3H3,(H2,22,23,24,25). The molecule has 2 N–H and O–H groups in total. The summed E-state index contributed by atoms with van der Waals surface area (Å²) in [6, 6.07) is 17.4. The number of aromatic nitrogens is 2. The minimum Gasteiger partial charge on any atom is -0.340 e. The van der Waals surface area contributed by atoms with Gasteiger partial charge in [-0.25, -0.2) is 4.98 Å². The smallest absolute Gasteiger partial charge is 0.229 e. The largest absolute Gasteiger partial charge is 0.340 e. The monoisotopic (exact) mass is 329 g/mol. The van der Waals surface area contributed by atoms with Crippen molar-refractivity contribution < 1.29 is 0 Å². The van der Waals surface area contributed by atoms with Crippen LogP contribution in [0, 0.1) is 32.1 Å². The molecule has 1 heterocycles. The number of nitrogens with zero attached hydrogens (tertiary/aromatic N) is 3. The number of hydrogen-bond acceptors (Lipinski definition) is 5. The molecular weight excluding hydrogens is 310 g/mol. The Balaban J connectivity index is 1.84. The summed E-state index contributed by atoms with van der Waals surface area (Å²) in [6.07, 6.45) is 0. The molecule has 0 saturated heterocycles. The van der Waals surface area contributed by atoms with Crippen molar-refractivity contribution in [3.05, 3.63) is 70.9 Å². The molecule has 0 aliphatic rings. The van der Waals surface area contributed by atoms with Crippen LogP contribution in [0.15, 0.2) is 48.5 Å². The van der Waals surface area contributed by atoms with Gasteiger partial charge in [0.1, 0.15) is 5.82 Å². The molecule has 0 saturated carbocycles. The molecule has 0 aliphatic heterocycles. The lowest BCUT2D eigenvalue weighted by Gasteiger charge is -2.11. The van der Waals surface area contributed by atoms with E-state index in [-0.39, 0.29) is 0 Å². The zero-order valence-corrected chi connectivity index (χ0v) is 14.5. The van der Waals surface area contributed by atoms with Crippen LogP contribution in [0.3, 0.4) is 0 Å². The van der Waals surface area contributed by atoms with E-state index in [1.807, 2.05) is 31.2 Å². The van der Waals surface area contributed by atoms with Gasteiger partial charge in [-0.05, 0) is 62.2 Å². The second kappa shape index (κ2) is 7.02. The first-order valence-electron chi connectivity index (χ1n) is 8.00. The van der Waals surface area contributed by atoms with Gasteiger partial charge in [0.15, 0.2) is 0 Å². The maximum atomic E-state index is 9.01. The predicted molar refractivity (Wildman–Crippen MR) is 100 cm³/mol. The summed E-state index contributed by atoms with van der Waals surface area (Å²) >= 11 is 0. The minimum atomic E-state index is 0.530. The lowest BCUT2D eigenvalue weighted by Crippen LogP contribution is -2.02. The average Bonchev–Trinajstić information content (AvgIpc) is 2.58. The van der Waals surface area contributed by atoms with Crippen LogP contribution in [0.1, 0.15) is 22.4 Å². The molecule has 5 nitrogen and oxygen atoms in total. The Hall–Kier alpha value is -3.39. The van der Waals surface area contributed by atoms with Crippen LogP contribution in [0.2, 0.25) is 0 Å². The fraction of sp³-hybridized carbons (Fsp3) is 0.150. The van der Waals surface area contributed by atoms with Crippen LogP contribution in [-0.2, 0) is 0 Å². The van der Waals surface area contributed by atoms with Gasteiger partial charge >= 0.3 is 0 Å². The maximum absolute atomic E-state index is 9.01. The highest BCUT2D eigenvalue weighted by molar-refractivity contribution is 5.62. The molecule has 25 heavy (non-hydrogen) atoms. The van der Waals surface area contributed by atoms with E-state index in [1.54, 1.807) is 12.1 Å². The third-order valence-corrected chi connectivity index (χ3v) is 3.88. The van der Waals surface area contributed by atoms with E-state index >= 15 is 0 Å².